The summed E-state index contributed by atoms with van der Waals surface area (Å²) in [4.78, 5) is 39.4. The van der Waals surface area contributed by atoms with Crippen molar-refractivity contribution in [1.29, 1.82) is 0 Å². The number of nitrogens with one attached hydrogen (secondary N) is 1. The average molecular weight is 414 g/mol. The lowest BCUT2D eigenvalue weighted by Gasteiger charge is -2.24. The molecule has 4 rings (SSSR count). The Hall–Kier alpha value is -3.07. The van der Waals surface area contributed by atoms with E-state index < -0.39 is 11.9 Å². The van der Waals surface area contributed by atoms with Crippen LogP contribution >= 0.6 is 11.3 Å². The second kappa shape index (κ2) is 7.40. The molecule has 1 unspecified atom stereocenters. The maximum atomic E-state index is 13.2. The van der Waals surface area contributed by atoms with Gasteiger partial charge < -0.3 is 4.90 Å². The maximum absolute atomic E-state index is 13.2. The molecule has 7 nitrogen and oxygen atoms in total. The van der Waals surface area contributed by atoms with E-state index in [2.05, 4.69) is 10.4 Å². The smallest absolute Gasteiger partial charge is 0.264 e. The standard InChI is InChI=1S/C20H19FN4O3S/c1-3-24(15-9-17(26)22-18(15)27)19(28)16-8-14-11(2)23-25(20(14)29-16)10-12-4-6-13(21)7-5-12/h4-8,15H,3,9-10H2,1-2H3,(H,22,26,27). The van der Waals surface area contributed by atoms with Crippen LogP contribution in [0.5, 0.6) is 0 Å². The molecular weight excluding hydrogens is 395 g/mol. The molecule has 2 aromatic heterocycles. The number of hydrogen-bond acceptors (Lipinski definition) is 5. The van der Waals surface area contributed by atoms with Crippen LogP contribution in [0.15, 0.2) is 30.3 Å². The molecule has 1 aromatic carbocycles. The Morgan fingerprint density at radius 2 is 2.07 bits per heavy atom. The number of hydrogen-bond donors (Lipinski definition) is 1. The predicted octanol–water partition coefficient (Wildman–Crippen LogP) is 2.47. The van der Waals surface area contributed by atoms with Gasteiger partial charge in [-0.2, -0.15) is 5.10 Å². The molecule has 0 spiro atoms. The summed E-state index contributed by atoms with van der Waals surface area (Å²) in [5.41, 5.74) is 1.68. The van der Waals surface area contributed by atoms with Gasteiger partial charge in [0.1, 0.15) is 16.7 Å². The first-order chi connectivity index (χ1) is 13.9. The first kappa shape index (κ1) is 19.3. The molecule has 1 saturated heterocycles. The van der Waals surface area contributed by atoms with Gasteiger partial charge in [-0.15, -0.1) is 11.3 Å². The SMILES string of the molecule is CCN(C(=O)c1cc2c(C)nn(Cc3ccc(F)cc3)c2s1)C1CC(=O)NC1=O. The summed E-state index contributed by atoms with van der Waals surface area (Å²) in [7, 11) is 0. The molecule has 1 N–H and O–H groups in total. The third-order valence-electron chi connectivity index (χ3n) is 4.99. The highest BCUT2D eigenvalue weighted by Crippen LogP contribution is 2.30. The van der Waals surface area contributed by atoms with Crippen LogP contribution in [0.4, 0.5) is 4.39 Å². The molecule has 3 amide bonds. The number of fused-ring (bicyclic) bond motifs is 1. The van der Waals surface area contributed by atoms with Gasteiger partial charge in [0.25, 0.3) is 5.91 Å². The summed E-state index contributed by atoms with van der Waals surface area (Å²) < 4.78 is 14.9. The van der Waals surface area contributed by atoms with E-state index in [1.54, 1.807) is 29.8 Å². The molecule has 0 radical (unpaired) electrons. The Labute approximate surface area is 170 Å². The van der Waals surface area contributed by atoms with Gasteiger partial charge in [0, 0.05) is 11.9 Å². The van der Waals surface area contributed by atoms with E-state index in [0.717, 1.165) is 21.5 Å². The summed E-state index contributed by atoms with van der Waals surface area (Å²) in [5.74, 6) is -1.39. The number of rotatable bonds is 5. The van der Waals surface area contributed by atoms with E-state index in [-0.39, 0.29) is 24.1 Å². The Bertz CT molecular complexity index is 1120. The summed E-state index contributed by atoms with van der Waals surface area (Å²) >= 11 is 1.30. The molecule has 29 heavy (non-hydrogen) atoms. The third kappa shape index (κ3) is 3.53. The minimum atomic E-state index is -0.776. The Balaban J connectivity index is 1.64. The maximum Gasteiger partial charge on any atom is 0.264 e. The topological polar surface area (TPSA) is 84.3 Å². The number of aryl methyl sites for hydroxylation is 1. The number of carbonyl (C=O) groups excluding carboxylic acids is 3. The highest BCUT2D eigenvalue weighted by atomic mass is 32.1. The van der Waals surface area contributed by atoms with E-state index in [4.69, 9.17) is 0 Å². The number of thiophene rings is 1. The zero-order chi connectivity index (χ0) is 20.7. The number of carbonyl (C=O) groups is 3. The quantitative estimate of drug-likeness (QED) is 0.650. The van der Waals surface area contributed by atoms with Gasteiger partial charge in [0.15, 0.2) is 0 Å². The molecule has 3 aromatic rings. The molecule has 0 saturated carbocycles. The fraction of sp³-hybridized carbons (Fsp3) is 0.300. The van der Waals surface area contributed by atoms with Crippen LogP contribution in [0.1, 0.15) is 34.3 Å². The number of amides is 3. The van der Waals surface area contributed by atoms with Gasteiger partial charge in [0.05, 0.1) is 23.5 Å². The number of halogens is 1. The molecule has 1 aliphatic rings. The molecule has 1 atom stereocenters. The van der Waals surface area contributed by atoms with Gasteiger partial charge >= 0.3 is 0 Å². The highest BCUT2D eigenvalue weighted by molar-refractivity contribution is 7.20. The second-order valence-electron chi connectivity index (χ2n) is 6.92. The number of aromatic nitrogens is 2. The zero-order valence-electron chi connectivity index (χ0n) is 15.9. The van der Waals surface area contributed by atoms with Crippen molar-refractivity contribution in [3.8, 4) is 0 Å². The number of likely N-dealkylation sites (N-methyl/N-ethyl adjacent to an activating group) is 1. The van der Waals surface area contributed by atoms with Gasteiger partial charge in [-0.25, -0.2) is 4.39 Å². The molecule has 9 heteroatoms. The Morgan fingerprint density at radius 1 is 1.34 bits per heavy atom. The summed E-state index contributed by atoms with van der Waals surface area (Å²) in [6, 6.07) is 7.21. The first-order valence-corrected chi connectivity index (χ1v) is 10.0. The van der Waals surface area contributed by atoms with Gasteiger partial charge in [-0.3, -0.25) is 24.4 Å². The van der Waals surface area contributed by atoms with Crippen molar-refractivity contribution in [2.24, 2.45) is 0 Å². The summed E-state index contributed by atoms with van der Waals surface area (Å²) in [5, 5.41) is 7.65. The predicted molar refractivity (Wildman–Crippen MR) is 106 cm³/mol. The van der Waals surface area contributed by atoms with E-state index in [0.29, 0.717) is 18.0 Å². The average Bonchev–Trinajstić information content (AvgIpc) is 3.34. The van der Waals surface area contributed by atoms with Gasteiger partial charge in [-0.05, 0) is 37.6 Å². The fourth-order valence-electron chi connectivity index (χ4n) is 3.53. The Kier molecular flexibility index (Phi) is 4.91. The normalized spacial score (nSPS) is 16.4. The van der Waals surface area contributed by atoms with Crippen LogP contribution in [-0.4, -0.2) is 45.0 Å². The van der Waals surface area contributed by atoms with Crippen LogP contribution in [0.3, 0.4) is 0 Å². The number of imide groups is 1. The van der Waals surface area contributed by atoms with Crippen molar-refractivity contribution < 1.29 is 18.8 Å². The summed E-state index contributed by atoms with van der Waals surface area (Å²) in [6.07, 6.45) is -0.0132. The second-order valence-corrected chi connectivity index (χ2v) is 7.95. The van der Waals surface area contributed by atoms with Gasteiger partial charge in [0.2, 0.25) is 11.8 Å². The van der Waals surface area contributed by atoms with Crippen molar-refractivity contribution in [2.75, 3.05) is 6.54 Å². The van der Waals surface area contributed by atoms with E-state index in [1.807, 2.05) is 6.92 Å². The fourth-order valence-corrected chi connectivity index (χ4v) is 4.64. The van der Waals surface area contributed by atoms with Crippen LogP contribution in [0, 0.1) is 12.7 Å². The van der Waals surface area contributed by atoms with E-state index >= 15 is 0 Å². The largest absolute Gasteiger partial charge is 0.326 e. The molecule has 0 bridgehead atoms. The van der Waals surface area contributed by atoms with Crippen molar-refractivity contribution in [2.45, 2.75) is 32.9 Å². The van der Waals surface area contributed by atoms with Crippen LogP contribution in [0.25, 0.3) is 10.2 Å². The van der Waals surface area contributed by atoms with Gasteiger partial charge in [-0.1, -0.05) is 12.1 Å². The monoisotopic (exact) mass is 414 g/mol. The Morgan fingerprint density at radius 3 is 2.69 bits per heavy atom. The van der Waals surface area contributed by atoms with Crippen LogP contribution < -0.4 is 5.32 Å². The van der Waals surface area contributed by atoms with Crippen molar-refractivity contribution in [1.82, 2.24) is 20.0 Å². The molecule has 3 heterocycles. The third-order valence-corrected chi connectivity index (χ3v) is 6.12. The molecular formula is C20H19FN4O3S. The van der Waals surface area contributed by atoms with Crippen molar-refractivity contribution in [3.63, 3.8) is 0 Å². The highest BCUT2D eigenvalue weighted by Gasteiger charge is 2.37. The molecule has 0 aliphatic carbocycles. The van der Waals surface area contributed by atoms with E-state index in [1.165, 1.54) is 28.4 Å². The minimum Gasteiger partial charge on any atom is -0.326 e. The minimum absolute atomic E-state index is 0.0132. The lowest BCUT2D eigenvalue weighted by Crippen LogP contribution is -2.44. The molecule has 1 fully saturated rings. The van der Waals surface area contributed by atoms with Crippen LogP contribution in [-0.2, 0) is 16.1 Å². The summed E-state index contributed by atoms with van der Waals surface area (Å²) in [6.45, 7) is 4.42. The number of benzene rings is 1. The lowest BCUT2D eigenvalue weighted by atomic mass is 10.2. The lowest BCUT2D eigenvalue weighted by molar-refractivity contribution is -0.126. The number of nitrogens with zero attached hydrogens (tertiary/aromatic N) is 3. The zero-order valence-corrected chi connectivity index (χ0v) is 16.8. The van der Waals surface area contributed by atoms with Crippen LogP contribution in [0.2, 0.25) is 0 Å². The molecule has 1 aliphatic heterocycles. The first-order valence-electron chi connectivity index (χ1n) is 9.23. The van der Waals surface area contributed by atoms with Crippen molar-refractivity contribution in [3.05, 3.63) is 52.3 Å². The van der Waals surface area contributed by atoms with Crippen molar-refractivity contribution >= 4 is 39.3 Å². The molecule has 150 valence electrons. The van der Waals surface area contributed by atoms with E-state index in [9.17, 15) is 18.8 Å².